The maximum Gasteiger partial charge on any atom is 0.407 e. The molecule has 1 aliphatic heterocycles. The number of halogens is 4. The Hall–Kier alpha value is -4.95. The summed E-state index contributed by atoms with van der Waals surface area (Å²) >= 11 is 6.00. The lowest BCUT2D eigenvalue weighted by molar-refractivity contribution is -0.125. The molecule has 1 saturated heterocycles. The van der Waals surface area contributed by atoms with Crippen LogP contribution in [0.25, 0.3) is 0 Å². The number of morpholine rings is 1. The fourth-order valence-electron chi connectivity index (χ4n) is 6.58. The molecule has 14 heteroatoms. The van der Waals surface area contributed by atoms with E-state index in [0.29, 0.717) is 24.4 Å². The molecule has 298 valence electrons. The molecule has 0 spiro atoms. The minimum atomic E-state index is -4.57. The fraction of sp³-hybridized carbons (Fsp3) is 0.357. The minimum absolute atomic E-state index is 0.0434. The van der Waals surface area contributed by atoms with Gasteiger partial charge in [-0.05, 0) is 52.8 Å². The average molecular weight is 796 g/mol. The van der Waals surface area contributed by atoms with E-state index in [1.807, 2.05) is 97.1 Å². The van der Waals surface area contributed by atoms with Crippen LogP contribution in [0.3, 0.4) is 0 Å². The normalized spacial score (nSPS) is 17.5. The third kappa shape index (κ3) is 13.1. The fourth-order valence-corrected chi connectivity index (χ4v) is 6.71. The van der Waals surface area contributed by atoms with Gasteiger partial charge in [0, 0.05) is 23.9 Å². The number of hydrogen-bond donors (Lipinski definition) is 3. The molecule has 0 bridgehead atoms. The smallest absolute Gasteiger partial charge is 0.407 e. The number of aryl methyl sites for hydroxylation is 1. The maximum absolute atomic E-state index is 14.3. The molecule has 0 aliphatic carbocycles. The first kappa shape index (κ1) is 42.2. The molecule has 0 aromatic heterocycles. The van der Waals surface area contributed by atoms with Crippen molar-refractivity contribution in [3.63, 3.8) is 0 Å². The number of ketones is 1. The van der Waals surface area contributed by atoms with Gasteiger partial charge >= 0.3 is 18.4 Å². The monoisotopic (exact) mass is 795 g/mol. The van der Waals surface area contributed by atoms with Crippen molar-refractivity contribution < 1.29 is 46.5 Å². The Morgan fingerprint density at radius 1 is 0.857 bits per heavy atom. The van der Waals surface area contributed by atoms with Crippen LogP contribution in [0.15, 0.2) is 109 Å². The largest absolute Gasteiger partial charge is 0.453 e. The van der Waals surface area contributed by atoms with Gasteiger partial charge in [0.2, 0.25) is 0 Å². The zero-order valence-electron chi connectivity index (χ0n) is 30.8. The Morgan fingerprint density at radius 3 is 2.11 bits per heavy atom. The van der Waals surface area contributed by atoms with E-state index in [4.69, 9.17) is 30.5 Å². The number of amides is 2. The van der Waals surface area contributed by atoms with E-state index in [2.05, 4.69) is 10.6 Å². The van der Waals surface area contributed by atoms with E-state index in [9.17, 15) is 27.6 Å². The Labute approximate surface area is 329 Å². The Balaban J connectivity index is 1.26. The van der Waals surface area contributed by atoms with Gasteiger partial charge in [0.15, 0.2) is 5.78 Å². The number of alkyl halides is 3. The number of carbonyl (C=O) groups excluding carboxylic acids is 3. The van der Waals surface area contributed by atoms with Crippen molar-refractivity contribution in [3.05, 3.63) is 142 Å². The topological polar surface area (TPSA) is 124 Å². The van der Waals surface area contributed by atoms with Gasteiger partial charge in [-0.25, -0.2) is 9.59 Å². The van der Waals surface area contributed by atoms with Gasteiger partial charge in [-0.15, -0.1) is 0 Å². The first-order chi connectivity index (χ1) is 27.0. The minimum Gasteiger partial charge on any atom is -0.453 e. The maximum atomic E-state index is 14.3. The predicted octanol–water partition coefficient (Wildman–Crippen LogP) is 7.17. The second-order valence-corrected chi connectivity index (χ2v) is 13.8. The summed E-state index contributed by atoms with van der Waals surface area (Å²) in [4.78, 5) is 38.9. The molecule has 3 N–H and O–H groups in total. The summed E-state index contributed by atoms with van der Waals surface area (Å²) in [5.74, 6) is -0.680. The summed E-state index contributed by atoms with van der Waals surface area (Å²) in [7, 11) is 1.26. The van der Waals surface area contributed by atoms with Crippen LogP contribution in [-0.4, -0.2) is 81.9 Å². The highest BCUT2D eigenvalue weighted by Gasteiger charge is 2.35. The van der Waals surface area contributed by atoms with Gasteiger partial charge in [0.05, 0.1) is 38.6 Å². The van der Waals surface area contributed by atoms with Crippen LogP contribution in [-0.2, 0) is 43.2 Å². The zero-order chi connectivity index (χ0) is 39.9. The zero-order valence-corrected chi connectivity index (χ0v) is 31.6. The summed E-state index contributed by atoms with van der Waals surface area (Å²) in [5.41, 5.74) is 4.33. The van der Waals surface area contributed by atoms with Crippen LogP contribution in [0.5, 0.6) is 0 Å². The van der Waals surface area contributed by atoms with Crippen LogP contribution < -0.4 is 16.0 Å². The van der Waals surface area contributed by atoms with E-state index in [1.165, 1.54) is 7.11 Å². The highest BCUT2D eigenvalue weighted by atomic mass is 35.5. The van der Waals surface area contributed by atoms with E-state index in [1.54, 1.807) is 17.4 Å². The SMILES string of the molecule is COC(=O)N[C@H](C(=O)Cc1ccccc1CC[C@@H]1CN[C@H](COC(=O)NCC(F)(F)F)[C@@H](COCc2ccc(Cl)cc2)O1)C(c1ccccc1)c1ccccc1. The molecular weight excluding hydrogens is 751 g/mol. The highest BCUT2D eigenvalue weighted by molar-refractivity contribution is 6.30. The summed E-state index contributed by atoms with van der Waals surface area (Å²) in [5, 5.41) is 8.42. The average Bonchev–Trinajstić information content (AvgIpc) is 3.20. The molecule has 0 saturated carbocycles. The summed E-state index contributed by atoms with van der Waals surface area (Å²) in [6, 6.07) is 32.3. The van der Waals surface area contributed by atoms with Gasteiger partial charge in [0.1, 0.15) is 19.2 Å². The molecule has 0 unspecified atom stereocenters. The summed E-state index contributed by atoms with van der Waals surface area (Å²) < 4.78 is 60.2. The molecule has 1 aliphatic rings. The number of hydrogen-bond acceptors (Lipinski definition) is 8. The van der Waals surface area contributed by atoms with Gasteiger partial charge < -0.3 is 34.9 Å². The number of methoxy groups -OCH3 is 1. The molecule has 10 nitrogen and oxygen atoms in total. The van der Waals surface area contributed by atoms with E-state index in [-0.39, 0.29) is 38.1 Å². The Morgan fingerprint density at radius 2 is 1.48 bits per heavy atom. The highest BCUT2D eigenvalue weighted by Crippen LogP contribution is 2.30. The van der Waals surface area contributed by atoms with Crippen molar-refractivity contribution in [1.29, 1.82) is 0 Å². The third-order valence-corrected chi connectivity index (χ3v) is 9.64. The number of ether oxygens (including phenoxy) is 4. The number of alkyl carbamates (subject to hydrolysis) is 2. The van der Waals surface area contributed by atoms with Crippen molar-refractivity contribution >= 4 is 29.6 Å². The molecule has 2 amide bonds. The lowest BCUT2D eigenvalue weighted by Crippen LogP contribution is -2.56. The van der Waals surface area contributed by atoms with Gasteiger partial charge in [0.25, 0.3) is 0 Å². The van der Waals surface area contributed by atoms with Crippen molar-refractivity contribution in [1.82, 2.24) is 16.0 Å². The molecule has 1 heterocycles. The molecule has 4 aromatic carbocycles. The van der Waals surface area contributed by atoms with Crippen molar-refractivity contribution in [2.75, 3.05) is 33.4 Å². The standard InChI is InChI=1S/C42H45ClF3N3O7/c1-53-41(52)49-39(38(30-11-4-2-5-12-30)31-13-6-3-7-14-31)36(50)22-32-15-9-8-10-29(32)18-21-34-23-47-35(25-55-40(51)48-27-42(44,45)46)37(56-34)26-54-24-28-16-19-33(43)20-17-28/h2-17,19-20,34-35,37-39,47H,18,21-27H2,1H3,(H,48,51)(H,49,52)/t34-,35-,37-,39-/m1/s1. The number of Topliss-reactive ketones (excluding diaryl/α,β-unsaturated/α-hetero) is 1. The quantitative estimate of drug-likeness (QED) is 0.103. The third-order valence-electron chi connectivity index (χ3n) is 9.39. The number of carbonyl (C=O) groups is 3. The molecule has 56 heavy (non-hydrogen) atoms. The summed E-state index contributed by atoms with van der Waals surface area (Å²) in [6.45, 7) is -1.03. The molecular formula is C42H45ClF3N3O7. The number of benzene rings is 4. The van der Waals surface area contributed by atoms with Crippen LogP contribution in [0, 0.1) is 0 Å². The Kier molecular flexibility index (Phi) is 15.7. The van der Waals surface area contributed by atoms with Gasteiger partial charge in [-0.2, -0.15) is 13.2 Å². The first-order valence-electron chi connectivity index (χ1n) is 18.2. The van der Waals surface area contributed by atoms with Crippen LogP contribution >= 0.6 is 11.6 Å². The molecule has 5 rings (SSSR count). The van der Waals surface area contributed by atoms with Crippen molar-refractivity contribution in [2.45, 2.75) is 62.3 Å². The Bertz CT molecular complexity index is 1810. The van der Waals surface area contributed by atoms with E-state index < -0.39 is 49.0 Å². The molecule has 4 atom stereocenters. The second kappa shape index (κ2) is 20.8. The van der Waals surface area contributed by atoms with Gasteiger partial charge in [-0.3, -0.25) is 4.79 Å². The van der Waals surface area contributed by atoms with Crippen LogP contribution in [0.4, 0.5) is 22.8 Å². The molecule has 1 fully saturated rings. The first-order valence-corrected chi connectivity index (χ1v) is 18.6. The summed E-state index contributed by atoms with van der Waals surface area (Å²) in [6.07, 6.45) is -6.26. The predicted molar refractivity (Wildman–Crippen MR) is 204 cm³/mol. The molecule has 4 aromatic rings. The lowest BCUT2D eigenvalue weighted by Gasteiger charge is -2.37. The van der Waals surface area contributed by atoms with Crippen molar-refractivity contribution in [3.8, 4) is 0 Å². The van der Waals surface area contributed by atoms with Crippen molar-refractivity contribution in [2.24, 2.45) is 0 Å². The van der Waals surface area contributed by atoms with Gasteiger partial charge in [-0.1, -0.05) is 109 Å². The van der Waals surface area contributed by atoms with E-state index in [0.717, 1.165) is 27.8 Å². The number of nitrogens with one attached hydrogen (secondary N) is 3. The number of rotatable bonds is 17. The molecule has 0 radical (unpaired) electrons. The van der Waals surface area contributed by atoms with Crippen LogP contribution in [0.1, 0.15) is 40.2 Å². The van der Waals surface area contributed by atoms with E-state index >= 15 is 0 Å². The van der Waals surface area contributed by atoms with Crippen LogP contribution in [0.2, 0.25) is 5.02 Å². The second-order valence-electron chi connectivity index (χ2n) is 13.4. The lowest BCUT2D eigenvalue weighted by atomic mass is 9.81.